The summed E-state index contributed by atoms with van der Waals surface area (Å²) >= 11 is 0. The lowest BCUT2D eigenvalue weighted by Gasteiger charge is -2.25. The summed E-state index contributed by atoms with van der Waals surface area (Å²) in [5, 5.41) is 12.5. The minimum absolute atomic E-state index is 0.274. The van der Waals surface area contributed by atoms with Gasteiger partial charge in [0.15, 0.2) is 0 Å². The number of aliphatic hydroxyl groups excluding tert-OH is 1. The van der Waals surface area contributed by atoms with E-state index in [1.54, 1.807) is 0 Å². The number of hydrogen-bond donors (Lipinski definition) is 2. The number of nitrogens with zero attached hydrogens (tertiary/aromatic N) is 1. The van der Waals surface area contributed by atoms with Gasteiger partial charge in [0.25, 0.3) is 0 Å². The van der Waals surface area contributed by atoms with Crippen molar-refractivity contribution in [2.24, 2.45) is 0 Å². The molecule has 2 atom stereocenters. The van der Waals surface area contributed by atoms with Crippen molar-refractivity contribution >= 4 is 10.0 Å². The Morgan fingerprint density at radius 1 is 1.37 bits per heavy atom. The average Bonchev–Trinajstić information content (AvgIpc) is 2.73. The Morgan fingerprint density at radius 3 is 2.58 bits per heavy atom. The SMILES string of the molecule is CN([C@H]1CNC[C@@H]1O)S(=O)(=O)c1ccc(F)cc1F. The van der Waals surface area contributed by atoms with Crippen LogP contribution >= 0.6 is 0 Å². The van der Waals surface area contributed by atoms with Gasteiger partial charge in [0.2, 0.25) is 10.0 Å². The average molecular weight is 292 g/mol. The van der Waals surface area contributed by atoms with Gasteiger partial charge < -0.3 is 10.4 Å². The predicted octanol–water partition coefficient (Wildman–Crippen LogP) is -0.0820. The zero-order valence-corrected chi connectivity index (χ0v) is 11.0. The van der Waals surface area contributed by atoms with Crippen LogP contribution < -0.4 is 5.32 Å². The van der Waals surface area contributed by atoms with Crippen LogP contribution in [0.2, 0.25) is 0 Å². The Morgan fingerprint density at radius 2 is 2.05 bits per heavy atom. The maximum absolute atomic E-state index is 13.6. The molecule has 1 aliphatic rings. The van der Waals surface area contributed by atoms with E-state index >= 15 is 0 Å². The quantitative estimate of drug-likeness (QED) is 0.817. The van der Waals surface area contributed by atoms with Gasteiger partial charge in [-0.05, 0) is 12.1 Å². The number of β-amino-alcohol motifs (C(OH)–C–C–N with tert-alkyl or cyclic N) is 1. The van der Waals surface area contributed by atoms with Crippen LogP contribution in [-0.2, 0) is 10.0 Å². The maximum Gasteiger partial charge on any atom is 0.246 e. The van der Waals surface area contributed by atoms with Crippen molar-refractivity contribution in [3.63, 3.8) is 0 Å². The van der Waals surface area contributed by atoms with E-state index in [1.165, 1.54) is 7.05 Å². The van der Waals surface area contributed by atoms with Crippen molar-refractivity contribution in [3.05, 3.63) is 29.8 Å². The smallest absolute Gasteiger partial charge is 0.246 e. The molecule has 0 unspecified atom stereocenters. The molecule has 0 bridgehead atoms. The van der Waals surface area contributed by atoms with Crippen LogP contribution in [0.1, 0.15) is 0 Å². The summed E-state index contributed by atoms with van der Waals surface area (Å²) in [6, 6.07) is 1.61. The Labute approximate surface area is 109 Å². The van der Waals surface area contributed by atoms with Gasteiger partial charge in [-0.3, -0.25) is 0 Å². The first-order chi connectivity index (χ1) is 8.84. The van der Waals surface area contributed by atoms with Crippen molar-refractivity contribution in [1.82, 2.24) is 9.62 Å². The summed E-state index contributed by atoms with van der Waals surface area (Å²) in [7, 11) is -2.85. The summed E-state index contributed by atoms with van der Waals surface area (Å²) < 4.78 is 51.7. The molecule has 1 aromatic rings. The number of sulfonamides is 1. The fraction of sp³-hybridized carbons (Fsp3) is 0.455. The van der Waals surface area contributed by atoms with Crippen LogP contribution in [0.3, 0.4) is 0 Å². The molecule has 1 aromatic carbocycles. The van der Waals surface area contributed by atoms with Crippen molar-refractivity contribution in [3.8, 4) is 0 Å². The van der Waals surface area contributed by atoms with Gasteiger partial charge in [0, 0.05) is 26.2 Å². The van der Waals surface area contributed by atoms with Crippen LogP contribution in [0.4, 0.5) is 8.78 Å². The molecular formula is C11H14F2N2O3S. The molecule has 8 heteroatoms. The second-order valence-corrected chi connectivity index (χ2v) is 6.35. The third kappa shape index (κ3) is 2.62. The molecule has 19 heavy (non-hydrogen) atoms. The number of benzene rings is 1. The Balaban J connectivity index is 2.36. The van der Waals surface area contributed by atoms with Crippen molar-refractivity contribution < 1.29 is 22.3 Å². The summed E-state index contributed by atoms with van der Waals surface area (Å²) in [4.78, 5) is -0.601. The Hall–Kier alpha value is -1.09. The number of halogens is 2. The molecule has 0 amide bonds. The highest BCUT2D eigenvalue weighted by molar-refractivity contribution is 7.89. The molecule has 1 fully saturated rings. The number of hydrogen-bond acceptors (Lipinski definition) is 4. The van der Waals surface area contributed by atoms with E-state index in [-0.39, 0.29) is 13.1 Å². The van der Waals surface area contributed by atoms with Crippen LogP contribution in [0, 0.1) is 11.6 Å². The van der Waals surface area contributed by atoms with Crippen LogP contribution in [-0.4, -0.2) is 50.1 Å². The van der Waals surface area contributed by atoms with Crippen LogP contribution in [0.5, 0.6) is 0 Å². The van der Waals surface area contributed by atoms with Gasteiger partial charge in [0.05, 0.1) is 12.1 Å². The van der Waals surface area contributed by atoms with E-state index in [2.05, 4.69) is 5.32 Å². The third-order valence-corrected chi connectivity index (χ3v) is 5.09. The minimum Gasteiger partial charge on any atom is -0.390 e. The van der Waals surface area contributed by atoms with Gasteiger partial charge in [-0.25, -0.2) is 17.2 Å². The van der Waals surface area contributed by atoms with Crippen molar-refractivity contribution in [1.29, 1.82) is 0 Å². The highest BCUT2D eigenvalue weighted by Gasteiger charge is 2.36. The number of aliphatic hydroxyl groups is 1. The van der Waals surface area contributed by atoms with E-state index in [0.29, 0.717) is 6.07 Å². The van der Waals surface area contributed by atoms with Gasteiger partial charge in [-0.15, -0.1) is 0 Å². The lowest BCUT2D eigenvalue weighted by Crippen LogP contribution is -2.44. The lowest BCUT2D eigenvalue weighted by atomic mass is 10.2. The summed E-state index contributed by atoms with van der Waals surface area (Å²) in [6.07, 6.45) is -0.858. The monoisotopic (exact) mass is 292 g/mol. The fourth-order valence-electron chi connectivity index (χ4n) is 2.04. The molecule has 106 valence electrons. The second kappa shape index (κ2) is 5.12. The van der Waals surface area contributed by atoms with Gasteiger partial charge in [-0.1, -0.05) is 0 Å². The first-order valence-corrected chi connectivity index (χ1v) is 7.10. The van der Waals surface area contributed by atoms with Gasteiger partial charge >= 0.3 is 0 Å². The van der Waals surface area contributed by atoms with Gasteiger partial charge in [0.1, 0.15) is 16.5 Å². The molecule has 1 aliphatic heterocycles. The zero-order valence-electron chi connectivity index (χ0n) is 10.2. The maximum atomic E-state index is 13.6. The molecule has 0 aromatic heterocycles. The van der Waals surface area contributed by atoms with E-state index in [9.17, 15) is 22.3 Å². The number of nitrogens with one attached hydrogen (secondary N) is 1. The van der Waals surface area contributed by atoms with Crippen molar-refractivity contribution in [2.75, 3.05) is 20.1 Å². The lowest BCUT2D eigenvalue weighted by molar-refractivity contribution is 0.136. The molecule has 0 saturated carbocycles. The van der Waals surface area contributed by atoms with E-state index in [0.717, 1.165) is 16.4 Å². The Bertz CT molecular complexity index is 579. The van der Waals surface area contributed by atoms with Crippen LogP contribution in [0.25, 0.3) is 0 Å². The second-order valence-electron chi connectivity index (χ2n) is 4.39. The summed E-state index contributed by atoms with van der Waals surface area (Å²) in [5.74, 6) is -1.99. The van der Waals surface area contributed by atoms with Gasteiger partial charge in [-0.2, -0.15) is 4.31 Å². The molecule has 1 heterocycles. The highest BCUT2D eigenvalue weighted by Crippen LogP contribution is 2.22. The van der Waals surface area contributed by atoms with Crippen LogP contribution in [0.15, 0.2) is 23.1 Å². The van der Waals surface area contributed by atoms with Crippen molar-refractivity contribution in [2.45, 2.75) is 17.0 Å². The molecule has 2 rings (SSSR count). The highest BCUT2D eigenvalue weighted by atomic mass is 32.2. The number of rotatable bonds is 3. The van der Waals surface area contributed by atoms with E-state index in [4.69, 9.17) is 0 Å². The molecule has 0 aliphatic carbocycles. The molecule has 0 radical (unpaired) electrons. The molecule has 0 spiro atoms. The molecule has 5 nitrogen and oxygen atoms in total. The topological polar surface area (TPSA) is 69.6 Å². The van der Waals surface area contributed by atoms with E-state index in [1.807, 2.05) is 0 Å². The minimum atomic E-state index is -4.11. The largest absolute Gasteiger partial charge is 0.390 e. The van der Waals surface area contributed by atoms with E-state index < -0.39 is 38.7 Å². The first kappa shape index (κ1) is 14.3. The normalized spacial score (nSPS) is 24.1. The molecule has 1 saturated heterocycles. The predicted molar refractivity (Wildman–Crippen MR) is 64.0 cm³/mol. The fourth-order valence-corrected chi connectivity index (χ4v) is 3.47. The Kier molecular flexibility index (Phi) is 3.86. The summed E-state index contributed by atoms with van der Waals surface area (Å²) in [6.45, 7) is 0.552. The molecular weight excluding hydrogens is 278 g/mol. The molecule has 2 N–H and O–H groups in total. The zero-order chi connectivity index (χ0) is 14.2. The number of likely N-dealkylation sites (N-methyl/N-ethyl adjacent to an activating group) is 1. The third-order valence-electron chi connectivity index (χ3n) is 3.17. The summed E-state index contributed by atoms with van der Waals surface area (Å²) in [5.41, 5.74) is 0. The first-order valence-electron chi connectivity index (χ1n) is 5.66. The standard InChI is InChI=1S/C11H14F2N2O3S/c1-15(9-5-14-6-10(9)16)19(17,18)11-3-2-7(12)4-8(11)13/h2-4,9-10,14,16H,5-6H2,1H3/t9-,10-/m0/s1.